The normalized spacial score (nSPS) is 26.5. The number of piperidine rings is 1. The molecule has 0 bridgehead atoms. The van der Waals surface area contributed by atoms with Gasteiger partial charge in [-0.05, 0) is 32.4 Å². The summed E-state index contributed by atoms with van der Waals surface area (Å²) in [5.74, 6) is 0.00243. The summed E-state index contributed by atoms with van der Waals surface area (Å²) in [6, 6.07) is 0.431. The smallest absolute Gasteiger partial charge is 0.220 e. The number of nitrogens with zero attached hydrogens (tertiary/aromatic N) is 1. The standard InChI is InChI=1S/C15H27N3O3/c1-12(19)16-7-5-6-15(20)17-13-10-21-11-14(13)18-8-3-2-4-9-18/h13-14H,2-11H2,1H3,(H,16,19)(H,17,20)/t13-,14-/m0/s1. The minimum atomic E-state index is -0.0511. The third-order valence-electron chi connectivity index (χ3n) is 4.21. The first kappa shape index (κ1) is 16.2. The highest BCUT2D eigenvalue weighted by Gasteiger charge is 2.34. The summed E-state index contributed by atoms with van der Waals surface area (Å²) in [5, 5.41) is 5.80. The molecular formula is C15H27N3O3. The van der Waals surface area contributed by atoms with E-state index in [9.17, 15) is 9.59 Å². The Hall–Kier alpha value is -1.14. The topological polar surface area (TPSA) is 70.7 Å². The van der Waals surface area contributed by atoms with Crippen molar-refractivity contribution in [1.82, 2.24) is 15.5 Å². The Bertz CT molecular complexity index is 356. The minimum absolute atomic E-state index is 0.0511. The lowest BCUT2D eigenvalue weighted by atomic mass is 10.0. The van der Waals surface area contributed by atoms with Gasteiger partial charge in [-0.3, -0.25) is 14.5 Å². The lowest BCUT2D eigenvalue weighted by Gasteiger charge is -2.34. The first-order valence-corrected chi connectivity index (χ1v) is 8.02. The van der Waals surface area contributed by atoms with Gasteiger partial charge >= 0.3 is 0 Å². The van der Waals surface area contributed by atoms with Crippen LogP contribution in [0.2, 0.25) is 0 Å². The molecule has 2 rings (SSSR count). The molecule has 120 valence electrons. The monoisotopic (exact) mass is 297 g/mol. The second-order valence-corrected chi connectivity index (χ2v) is 5.96. The number of hydrogen-bond donors (Lipinski definition) is 2. The average Bonchev–Trinajstić information content (AvgIpc) is 2.92. The molecule has 0 aromatic heterocycles. The van der Waals surface area contributed by atoms with Gasteiger partial charge in [-0.1, -0.05) is 6.42 Å². The largest absolute Gasteiger partial charge is 0.378 e. The summed E-state index contributed by atoms with van der Waals surface area (Å²) < 4.78 is 5.57. The van der Waals surface area contributed by atoms with Crippen LogP contribution in [0.5, 0.6) is 0 Å². The maximum atomic E-state index is 12.0. The average molecular weight is 297 g/mol. The van der Waals surface area contributed by atoms with Gasteiger partial charge in [0.15, 0.2) is 0 Å². The van der Waals surface area contributed by atoms with Gasteiger partial charge in [0.05, 0.1) is 25.3 Å². The van der Waals surface area contributed by atoms with Crippen molar-refractivity contribution in [3.63, 3.8) is 0 Å². The van der Waals surface area contributed by atoms with E-state index < -0.39 is 0 Å². The summed E-state index contributed by atoms with van der Waals surface area (Å²) in [4.78, 5) is 25.2. The van der Waals surface area contributed by atoms with E-state index in [4.69, 9.17) is 4.74 Å². The third kappa shape index (κ3) is 5.28. The van der Waals surface area contributed by atoms with E-state index >= 15 is 0 Å². The molecule has 0 unspecified atom stereocenters. The van der Waals surface area contributed by atoms with E-state index in [0.29, 0.717) is 32.0 Å². The molecule has 2 heterocycles. The highest BCUT2D eigenvalue weighted by Crippen LogP contribution is 2.19. The summed E-state index contributed by atoms with van der Waals surface area (Å²) in [5.41, 5.74) is 0. The zero-order chi connectivity index (χ0) is 15.1. The van der Waals surface area contributed by atoms with Crippen LogP contribution in [-0.2, 0) is 14.3 Å². The quantitative estimate of drug-likeness (QED) is 0.691. The van der Waals surface area contributed by atoms with Gasteiger partial charge in [0.2, 0.25) is 11.8 Å². The minimum Gasteiger partial charge on any atom is -0.378 e. The number of nitrogens with one attached hydrogen (secondary N) is 2. The molecule has 2 atom stereocenters. The molecule has 2 amide bonds. The van der Waals surface area contributed by atoms with Crippen LogP contribution in [0.25, 0.3) is 0 Å². The molecule has 0 aromatic carbocycles. The van der Waals surface area contributed by atoms with Crippen molar-refractivity contribution in [2.75, 3.05) is 32.8 Å². The molecule has 0 radical (unpaired) electrons. The van der Waals surface area contributed by atoms with E-state index in [1.807, 2.05) is 0 Å². The second kappa shape index (κ2) is 8.34. The number of carbonyl (C=O) groups is 2. The molecule has 0 saturated carbocycles. The molecule has 0 aliphatic carbocycles. The van der Waals surface area contributed by atoms with E-state index in [1.54, 1.807) is 0 Å². The molecule has 2 aliphatic rings. The highest BCUT2D eigenvalue weighted by molar-refractivity contribution is 5.76. The summed E-state index contributed by atoms with van der Waals surface area (Å²) in [6.45, 7) is 5.60. The summed E-state index contributed by atoms with van der Waals surface area (Å²) in [6.07, 6.45) is 4.92. The Balaban J connectivity index is 1.70. The SMILES string of the molecule is CC(=O)NCCCC(=O)N[C@H]1COC[C@@H]1N1CCCCC1. The van der Waals surface area contributed by atoms with Crippen molar-refractivity contribution in [2.24, 2.45) is 0 Å². The molecule has 6 heteroatoms. The first-order valence-electron chi connectivity index (χ1n) is 8.02. The van der Waals surface area contributed by atoms with Crippen molar-refractivity contribution in [1.29, 1.82) is 0 Å². The van der Waals surface area contributed by atoms with Gasteiger partial charge in [0.25, 0.3) is 0 Å². The fraction of sp³-hybridized carbons (Fsp3) is 0.867. The number of amides is 2. The lowest BCUT2D eigenvalue weighted by Crippen LogP contribution is -2.52. The maximum absolute atomic E-state index is 12.0. The van der Waals surface area contributed by atoms with Gasteiger partial charge < -0.3 is 15.4 Å². The summed E-state index contributed by atoms with van der Waals surface area (Å²) in [7, 11) is 0. The zero-order valence-corrected chi connectivity index (χ0v) is 12.9. The molecule has 21 heavy (non-hydrogen) atoms. The number of likely N-dealkylation sites (tertiary alicyclic amines) is 1. The molecule has 2 fully saturated rings. The third-order valence-corrected chi connectivity index (χ3v) is 4.21. The summed E-state index contributed by atoms with van der Waals surface area (Å²) >= 11 is 0. The predicted octanol–water partition coefficient (Wildman–Crippen LogP) is 0.272. The Morgan fingerprint density at radius 3 is 2.67 bits per heavy atom. The van der Waals surface area contributed by atoms with Crippen molar-refractivity contribution in [2.45, 2.75) is 51.1 Å². The molecule has 2 N–H and O–H groups in total. The molecular weight excluding hydrogens is 270 g/mol. The van der Waals surface area contributed by atoms with Crippen LogP contribution in [-0.4, -0.2) is 61.6 Å². The first-order chi connectivity index (χ1) is 10.2. The number of carbonyl (C=O) groups excluding carboxylic acids is 2. The van der Waals surface area contributed by atoms with Gasteiger partial charge in [-0.15, -0.1) is 0 Å². The Kier molecular flexibility index (Phi) is 6.45. The van der Waals surface area contributed by atoms with E-state index in [0.717, 1.165) is 19.7 Å². The molecule has 0 spiro atoms. The molecule has 0 aromatic rings. The lowest BCUT2D eigenvalue weighted by molar-refractivity contribution is -0.123. The van der Waals surface area contributed by atoms with Crippen LogP contribution in [0.4, 0.5) is 0 Å². The van der Waals surface area contributed by atoms with E-state index in [-0.39, 0.29) is 17.9 Å². The van der Waals surface area contributed by atoms with Crippen molar-refractivity contribution < 1.29 is 14.3 Å². The Labute approximate surface area is 126 Å². The molecule has 6 nitrogen and oxygen atoms in total. The van der Waals surface area contributed by atoms with Crippen LogP contribution < -0.4 is 10.6 Å². The number of ether oxygens (including phenoxy) is 1. The van der Waals surface area contributed by atoms with Crippen molar-refractivity contribution >= 4 is 11.8 Å². The van der Waals surface area contributed by atoms with E-state index in [1.165, 1.54) is 26.2 Å². The van der Waals surface area contributed by atoms with Crippen LogP contribution >= 0.6 is 0 Å². The van der Waals surface area contributed by atoms with E-state index in [2.05, 4.69) is 15.5 Å². The van der Waals surface area contributed by atoms with Crippen molar-refractivity contribution in [3.8, 4) is 0 Å². The van der Waals surface area contributed by atoms with Gasteiger partial charge in [0, 0.05) is 19.9 Å². The fourth-order valence-corrected chi connectivity index (χ4v) is 3.08. The van der Waals surface area contributed by atoms with Crippen molar-refractivity contribution in [3.05, 3.63) is 0 Å². The fourth-order valence-electron chi connectivity index (χ4n) is 3.08. The Morgan fingerprint density at radius 2 is 1.95 bits per heavy atom. The number of hydrogen-bond acceptors (Lipinski definition) is 4. The van der Waals surface area contributed by atoms with Crippen LogP contribution in [0.3, 0.4) is 0 Å². The maximum Gasteiger partial charge on any atom is 0.220 e. The van der Waals surface area contributed by atoms with Gasteiger partial charge in [-0.25, -0.2) is 0 Å². The zero-order valence-electron chi connectivity index (χ0n) is 12.9. The molecule has 2 saturated heterocycles. The second-order valence-electron chi connectivity index (χ2n) is 5.96. The van der Waals surface area contributed by atoms with Crippen LogP contribution in [0.1, 0.15) is 39.0 Å². The Morgan fingerprint density at radius 1 is 1.19 bits per heavy atom. The molecule has 2 aliphatic heterocycles. The van der Waals surface area contributed by atoms with Crippen LogP contribution in [0, 0.1) is 0 Å². The highest BCUT2D eigenvalue weighted by atomic mass is 16.5. The predicted molar refractivity (Wildman–Crippen MR) is 79.9 cm³/mol. The van der Waals surface area contributed by atoms with Gasteiger partial charge in [0.1, 0.15) is 0 Å². The number of rotatable bonds is 6. The van der Waals surface area contributed by atoms with Gasteiger partial charge in [-0.2, -0.15) is 0 Å². The van der Waals surface area contributed by atoms with Crippen LogP contribution in [0.15, 0.2) is 0 Å².